The Labute approximate surface area is 176 Å². The lowest BCUT2D eigenvalue weighted by atomic mass is 10.3. The molecule has 0 bridgehead atoms. The summed E-state index contributed by atoms with van der Waals surface area (Å²) in [5.74, 6) is -4.60. The Balaban J connectivity index is 0.00000364. The monoisotopic (exact) mass is 512 g/mol. The molecule has 0 spiro atoms. The van der Waals surface area contributed by atoms with Crippen molar-refractivity contribution in [3.05, 3.63) is 52.0 Å². The molecule has 27 heavy (non-hydrogen) atoms. The molecule has 10 heteroatoms. The van der Waals surface area contributed by atoms with Crippen molar-refractivity contribution in [2.45, 2.75) is 13.3 Å². The average Bonchev–Trinajstić information content (AvgIpc) is 3.13. The summed E-state index contributed by atoms with van der Waals surface area (Å²) in [5.41, 5.74) is -0.431. The topological polar surface area (TPSA) is 65.5 Å². The molecule has 0 atom stereocenters. The van der Waals surface area contributed by atoms with E-state index in [1.807, 2.05) is 24.4 Å². The van der Waals surface area contributed by atoms with Crippen molar-refractivity contribution in [3.8, 4) is 0 Å². The van der Waals surface area contributed by atoms with Crippen LogP contribution in [0.2, 0.25) is 0 Å². The summed E-state index contributed by atoms with van der Waals surface area (Å²) in [4.78, 5) is 17.2. The third-order valence-corrected chi connectivity index (χ3v) is 4.21. The van der Waals surface area contributed by atoms with Crippen LogP contribution < -0.4 is 16.0 Å². The van der Waals surface area contributed by atoms with E-state index in [1.54, 1.807) is 11.3 Å². The van der Waals surface area contributed by atoms with Crippen molar-refractivity contribution >= 4 is 52.9 Å². The molecule has 3 N–H and O–H groups in total. The molecule has 5 nitrogen and oxygen atoms in total. The van der Waals surface area contributed by atoms with E-state index in [2.05, 4.69) is 20.9 Å². The van der Waals surface area contributed by atoms with Gasteiger partial charge in [-0.05, 0) is 36.9 Å². The van der Waals surface area contributed by atoms with Crippen LogP contribution in [0.3, 0.4) is 0 Å². The molecule has 0 aliphatic rings. The van der Waals surface area contributed by atoms with Crippen molar-refractivity contribution in [1.82, 2.24) is 10.6 Å². The summed E-state index contributed by atoms with van der Waals surface area (Å²) in [6, 6.07) is 5.70. The van der Waals surface area contributed by atoms with Gasteiger partial charge in [0.25, 0.3) is 0 Å². The molecule has 1 heterocycles. The molecule has 0 fully saturated rings. The number of nitrogens with one attached hydrogen (secondary N) is 3. The number of thiophene rings is 1. The Kier molecular flexibility index (Phi) is 10.1. The average molecular weight is 512 g/mol. The maximum absolute atomic E-state index is 13.6. The third-order valence-electron chi connectivity index (χ3n) is 3.28. The first-order valence-electron chi connectivity index (χ1n) is 7.99. The first-order chi connectivity index (χ1) is 12.5. The molecule has 1 amide bonds. The summed E-state index contributed by atoms with van der Waals surface area (Å²) < 4.78 is 39.6. The van der Waals surface area contributed by atoms with Gasteiger partial charge in [-0.25, -0.2) is 18.2 Å². The molecule has 1 aromatic heterocycles. The summed E-state index contributed by atoms with van der Waals surface area (Å²) >= 11 is 1.65. The van der Waals surface area contributed by atoms with Gasteiger partial charge in [0.15, 0.2) is 23.4 Å². The lowest BCUT2D eigenvalue weighted by molar-refractivity contribution is -0.114. The van der Waals surface area contributed by atoms with Gasteiger partial charge in [0.2, 0.25) is 5.91 Å². The van der Waals surface area contributed by atoms with E-state index < -0.39 is 29.0 Å². The SMILES string of the molecule is CCNC(=NCC(=O)Nc1ccc(F)c(F)c1F)NCCc1cccs1.I. The fourth-order valence-electron chi connectivity index (χ4n) is 2.06. The van der Waals surface area contributed by atoms with E-state index in [0.717, 1.165) is 18.6 Å². The van der Waals surface area contributed by atoms with Crippen molar-refractivity contribution in [2.75, 3.05) is 25.0 Å². The van der Waals surface area contributed by atoms with Gasteiger partial charge in [0.05, 0.1) is 5.69 Å². The first kappa shape index (κ1) is 23.2. The Morgan fingerprint density at radius 2 is 1.93 bits per heavy atom. The molecule has 148 valence electrons. The summed E-state index contributed by atoms with van der Waals surface area (Å²) in [5, 5.41) is 10.2. The number of hydrogen-bond donors (Lipinski definition) is 3. The number of hydrogen-bond acceptors (Lipinski definition) is 3. The Morgan fingerprint density at radius 1 is 1.15 bits per heavy atom. The van der Waals surface area contributed by atoms with Gasteiger partial charge in [-0.3, -0.25) is 4.79 Å². The Morgan fingerprint density at radius 3 is 2.59 bits per heavy atom. The second-order valence-corrected chi connectivity index (χ2v) is 6.25. The molecular weight excluding hydrogens is 492 g/mol. The Hall–Kier alpha value is -1.82. The number of amides is 1. The second kappa shape index (κ2) is 11.8. The number of nitrogens with zero attached hydrogens (tertiary/aromatic N) is 1. The zero-order chi connectivity index (χ0) is 18.9. The predicted molar refractivity (Wildman–Crippen MR) is 112 cm³/mol. The van der Waals surface area contributed by atoms with Crippen molar-refractivity contribution in [1.29, 1.82) is 0 Å². The van der Waals surface area contributed by atoms with Gasteiger partial charge in [0.1, 0.15) is 6.54 Å². The minimum atomic E-state index is -1.63. The molecule has 0 unspecified atom stereocenters. The number of carbonyl (C=O) groups excluding carboxylic acids is 1. The molecule has 0 aliphatic carbocycles. The number of carbonyl (C=O) groups is 1. The van der Waals surface area contributed by atoms with E-state index >= 15 is 0 Å². The summed E-state index contributed by atoms with van der Waals surface area (Å²) in [6.45, 7) is 2.82. The molecule has 0 radical (unpaired) electrons. The van der Waals surface area contributed by atoms with Gasteiger partial charge in [-0.1, -0.05) is 6.07 Å². The molecule has 0 saturated heterocycles. The van der Waals surface area contributed by atoms with Gasteiger partial charge in [-0.2, -0.15) is 0 Å². The smallest absolute Gasteiger partial charge is 0.246 e. The number of aliphatic imine (C=N–C) groups is 1. The lowest BCUT2D eigenvalue weighted by Gasteiger charge is -2.11. The van der Waals surface area contributed by atoms with Crippen LogP contribution >= 0.6 is 35.3 Å². The summed E-state index contributed by atoms with van der Waals surface area (Å²) in [7, 11) is 0. The maximum Gasteiger partial charge on any atom is 0.246 e. The third kappa shape index (κ3) is 7.37. The minimum absolute atomic E-state index is 0. The van der Waals surface area contributed by atoms with Crippen molar-refractivity contribution in [3.63, 3.8) is 0 Å². The van der Waals surface area contributed by atoms with Gasteiger partial charge in [-0.15, -0.1) is 35.3 Å². The molecule has 0 aliphatic heterocycles. The normalized spacial score (nSPS) is 10.9. The quantitative estimate of drug-likeness (QED) is 0.230. The van der Waals surface area contributed by atoms with Crippen LogP contribution in [0.5, 0.6) is 0 Å². The highest BCUT2D eigenvalue weighted by molar-refractivity contribution is 14.0. The predicted octanol–water partition coefficient (Wildman–Crippen LogP) is 3.52. The minimum Gasteiger partial charge on any atom is -0.357 e. The standard InChI is InChI=1S/C17H19F3N4OS.HI/c1-2-21-17(22-8-7-11-4-3-9-26-11)23-10-14(25)24-13-6-5-12(18)15(19)16(13)20;/h3-6,9H,2,7-8,10H2,1H3,(H,24,25)(H2,21,22,23);1H. The number of benzene rings is 1. The van der Waals surface area contributed by atoms with Crippen LogP contribution in [-0.4, -0.2) is 31.5 Å². The Bertz CT molecular complexity index is 772. The highest BCUT2D eigenvalue weighted by atomic mass is 127. The van der Waals surface area contributed by atoms with Gasteiger partial charge in [0, 0.05) is 18.0 Å². The zero-order valence-corrected chi connectivity index (χ0v) is 17.7. The van der Waals surface area contributed by atoms with E-state index in [4.69, 9.17) is 0 Å². The summed E-state index contributed by atoms with van der Waals surface area (Å²) in [6.07, 6.45) is 0.814. The molecule has 2 aromatic rings. The van der Waals surface area contributed by atoms with Crippen LogP contribution in [-0.2, 0) is 11.2 Å². The second-order valence-electron chi connectivity index (χ2n) is 5.22. The number of anilines is 1. The molecular formula is C17H20F3IN4OS. The van der Waals surface area contributed by atoms with E-state index in [9.17, 15) is 18.0 Å². The van der Waals surface area contributed by atoms with Crippen LogP contribution in [0.1, 0.15) is 11.8 Å². The molecule has 1 aromatic carbocycles. The van der Waals surface area contributed by atoms with E-state index in [1.165, 1.54) is 4.88 Å². The van der Waals surface area contributed by atoms with Crippen LogP contribution in [0, 0.1) is 17.5 Å². The highest BCUT2D eigenvalue weighted by Crippen LogP contribution is 2.19. The van der Waals surface area contributed by atoms with E-state index in [0.29, 0.717) is 19.0 Å². The molecule has 0 saturated carbocycles. The molecule has 2 rings (SSSR count). The van der Waals surface area contributed by atoms with E-state index in [-0.39, 0.29) is 30.5 Å². The first-order valence-corrected chi connectivity index (χ1v) is 8.87. The van der Waals surface area contributed by atoms with Crippen LogP contribution in [0.15, 0.2) is 34.6 Å². The number of rotatable bonds is 7. The fourth-order valence-corrected chi connectivity index (χ4v) is 2.77. The lowest BCUT2D eigenvalue weighted by Crippen LogP contribution is -2.39. The maximum atomic E-state index is 13.6. The number of guanidine groups is 1. The largest absolute Gasteiger partial charge is 0.357 e. The van der Waals surface area contributed by atoms with Gasteiger partial charge < -0.3 is 16.0 Å². The number of halogens is 4. The van der Waals surface area contributed by atoms with Gasteiger partial charge >= 0.3 is 0 Å². The van der Waals surface area contributed by atoms with Crippen LogP contribution in [0.4, 0.5) is 18.9 Å². The van der Waals surface area contributed by atoms with Crippen molar-refractivity contribution in [2.24, 2.45) is 4.99 Å². The fraction of sp³-hybridized carbons (Fsp3) is 0.294. The van der Waals surface area contributed by atoms with Crippen LogP contribution in [0.25, 0.3) is 0 Å². The highest BCUT2D eigenvalue weighted by Gasteiger charge is 2.15. The van der Waals surface area contributed by atoms with Crippen molar-refractivity contribution < 1.29 is 18.0 Å². The zero-order valence-electron chi connectivity index (χ0n) is 14.5.